The average Bonchev–Trinajstić information content (AvgIpc) is 3.67. The zero-order valence-electron chi connectivity index (χ0n) is 29.1. The standard InChI is InChI=1S/C47H35N5/c1-4-32(27-48)23-43-31(3)51(44-17-9-8-16-40(43)44)36-22-33(28-49)21-35(26-36)41-24-34(29-50)25-42(30(41)2)39-15-7-12-20-47(39)52-45-18-10-5-13-37(45)38-14-6-11-19-46(38)52/h4-21,23-26,30,36,41H,1,22H2,2-3H3/b32-23+. The van der Waals surface area contributed by atoms with Crippen molar-refractivity contribution in [3.05, 3.63) is 173 Å². The number of fused-ring (bicyclic) bond motifs is 4. The second kappa shape index (κ2) is 13.1. The molecule has 0 N–H and O–H groups in total. The number of nitrogens with zero attached hydrogens (tertiary/aromatic N) is 5. The minimum Gasteiger partial charge on any atom is -0.337 e. The lowest BCUT2D eigenvalue weighted by Gasteiger charge is -2.33. The van der Waals surface area contributed by atoms with E-state index in [-0.39, 0.29) is 17.9 Å². The van der Waals surface area contributed by atoms with E-state index in [1.165, 1.54) is 10.8 Å². The predicted octanol–water partition coefficient (Wildman–Crippen LogP) is 11.3. The van der Waals surface area contributed by atoms with Crippen LogP contribution in [0.2, 0.25) is 0 Å². The van der Waals surface area contributed by atoms with Crippen molar-refractivity contribution in [1.82, 2.24) is 9.13 Å². The van der Waals surface area contributed by atoms with Crippen LogP contribution in [0, 0.1) is 52.8 Å². The first-order valence-electron chi connectivity index (χ1n) is 17.5. The van der Waals surface area contributed by atoms with Crippen molar-refractivity contribution in [2.75, 3.05) is 0 Å². The summed E-state index contributed by atoms with van der Waals surface area (Å²) >= 11 is 0. The fraction of sp³-hybridized carbons (Fsp3) is 0.128. The number of para-hydroxylation sites is 4. The molecule has 3 atom stereocenters. The molecule has 3 unspecified atom stereocenters. The summed E-state index contributed by atoms with van der Waals surface area (Å²) in [6.07, 6.45) is 12.4. The third kappa shape index (κ3) is 5.22. The smallest absolute Gasteiger partial charge is 0.0991 e. The molecule has 2 aliphatic carbocycles. The molecule has 0 fully saturated rings. The molecule has 52 heavy (non-hydrogen) atoms. The molecule has 2 aromatic heterocycles. The molecule has 0 amide bonds. The SMILES string of the molecule is C=C/C(C#N)=C\c1c(C)n(C2C=C(C3C=C(C#N)C=C(c4ccccc4-n4c5ccccc5c5ccccc54)C3C)C=C(C#N)C2)c2ccccc12. The number of rotatable bonds is 6. The van der Waals surface area contributed by atoms with E-state index in [0.29, 0.717) is 23.1 Å². The monoisotopic (exact) mass is 669 g/mol. The van der Waals surface area contributed by atoms with Gasteiger partial charge >= 0.3 is 0 Å². The fourth-order valence-corrected chi connectivity index (χ4v) is 8.34. The van der Waals surface area contributed by atoms with Gasteiger partial charge in [0.05, 0.1) is 46.5 Å². The molecule has 0 aliphatic heterocycles. The lowest BCUT2D eigenvalue weighted by molar-refractivity contribution is 0.558. The van der Waals surface area contributed by atoms with E-state index in [1.807, 2.05) is 30.4 Å². The molecule has 2 heterocycles. The molecule has 4 aromatic carbocycles. The Morgan fingerprint density at radius 1 is 0.769 bits per heavy atom. The van der Waals surface area contributed by atoms with Crippen LogP contribution in [0.3, 0.4) is 0 Å². The summed E-state index contributed by atoms with van der Waals surface area (Å²) in [6.45, 7) is 8.13. The van der Waals surface area contributed by atoms with Crippen molar-refractivity contribution in [3.8, 4) is 23.9 Å². The second-order valence-corrected chi connectivity index (χ2v) is 13.6. The highest BCUT2D eigenvalue weighted by molar-refractivity contribution is 6.09. The number of benzene rings is 4. The predicted molar refractivity (Wildman–Crippen MR) is 211 cm³/mol. The van der Waals surface area contributed by atoms with Crippen LogP contribution in [0.5, 0.6) is 0 Å². The van der Waals surface area contributed by atoms with Gasteiger partial charge in [0.1, 0.15) is 0 Å². The molecular weight excluding hydrogens is 635 g/mol. The number of hydrogen-bond donors (Lipinski definition) is 0. The van der Waals surface area contributed by atoms with Crippen LogP contribution in [0.1, 0.15) is 36.2 Å². The van der Waals surface area contributed by atoms with Crippen LogP contribution in [0.4, 0.5) is 0 Å². The van der Waals surface area contributed by atoms with Gasteiger partial charge in [-0.2, -0.15) is 15.8 Å². The third-order valence-electron chi connectivity index (χ3n) is 10.7. The molecule has 6 aromatic rings. The Kier molecular flexibility index (Phi) is 8.15. The molecule has 2 aliphatic rings. The quantitative estimate of drug-likeness (QED) is 0.131. The van der Waals surface area contributed by atoms with E-state index in [0.717, 1.165) is 55.6 Å². The van der Waals surface area contributed by atoms with Crippen LogP contribution in [-0.4, -0.2) is 9.13 Å². The van der Waals surface area contributed by atoms with E-state index in [4.69, 9.17) is 0 Å². The van der Waals surface area contributed by atoms with E-state index in [2.05, 4.69) is 145 Å². The molecule has 5 heteroatoms. The van der Waals surface area contributed by atoms with Gasteiger partial charge in [-0.1, -0.05) is 105 Å². The van der Waals surface area contributed by atoms with Gasteiger partial charge in [0.15, 0.2) is 0 Å². The molecule has 0 saturated heterocycles. The van der Waals surface area contributed by atoms with Gasteiger partial charge in [-0.25, -0.2) is 0 Å². The minimum atomic E-state index is -0.139. The van der Waals surface area contributed by atoms with Gasteiger partial charge < -0.3 is 9.13 Å². The number of hydrogen-bond acceptors (Lipinski definition) is 3. The first-order valence-corrected chi connectivity index (χ1v) is 17.5. The lowest BCUT2D eigenvalue weighted by atomic mass is 9.73. The van der Waals surface area contributed by atoms with Gasteiger partial charge in [0.25, 0.3) is 0 Å². The van der Waals surface area contributed by atoms with Crippen molar-refractivity contribution in [2.24, 2.45) is 11.8 Å². The summed E-state index contributed by atoms with van der Waals surface area (Å²) in [5.41, 5.74) is 11.3. The zero-order chi connectivity index (χ0) is 35.9. The topological polar surface area (TPSA) is 81.2 Å². The molecule has 8 rings (SSSR count). The Labute approximate surface area is 303 Å². The van der Waals surface area contributed by atoms with Crippen LogP contribution < -0.4 is 0 Å². The van der Waals surface area contributed by atoms with Gasteiger partial charge in [0, 0.05) is 62.0 Å². The maximum atomic E-state index is 10.4. The maximum absolute atomic E-state index is 10.4. The minimum absolute atomic E-state index is 0.000640. The second-order valence-electron chi connectivity index (χ2n) is 13.6. The molecule has 5 nitrogen and oxygen atoms in total. The summed E-state index contributed by atoms with van der Waals surface area (Å²) in [6, 6.07) is 40.7. The van der Waals surface area contributed by atoms with Gasteiger partial charge in [0.2, 0.25) is 0 Å². The van der Waals surface area contributed by atoms with E-state index in [1.54, 1.807) is 6.08 Å². The molecule has 248 valence electrons. The summed E-state index contributed by atoms with van der Waals surface area (Å²) in [5, 5.41) is 33.9. The summed E-state index contributed by atoms with van der Waals surface area (Å²) in [7, 11) is 0. The normalized spacial score (nSPS) is 18.9. The summed E-state index contributed by atoms with van der Waals surface area (Å²) < 4.78 is 4.63. The first-order chi connectivity index (χ1) is 25.4. The van der Waals surface area contributed by atoms with Crippen LogP contribution in [0.15, 0.2) is 156 Å². The van der Waals surface area contributed by atoms with Crippen molar-refractivity contribution in [3.63, 3.8) is 0 Å². The Balaban J connectivity index is 1.27. The number of nitriles is 3. The Morgan fingerprint density at radius 2 is 1.40 bits per heavy atom. The Morgan fingerprint density at radius 3 is 2.06 bits per heavy atom. The first kappa shape index (κ1) is 32.3. The zero-order valence-corrected chi connectivity index (χ0v) is 29.1. The van der Waals surface area contributed by atoms with Crippen molar-refractivity contribution in [1.29, 1.82) is 15.8 Å². The summed E-state index contributed by atoms with van der Waals surface area (Å²) in [5.74, 6) is -0.140. The highest BCUT2D eigenvalue weighted by Gasteiger charge is 2.32. The molecule has 0 radical (unpaired) electrons. The van der Waals surface area contributed by atoms with Crippen molar-refractivity contribution >= 4 is 44.4 Å². The van der Waals surface area contributed by atoms with Gasteiger partial charge in [-0.15, -0.1) is 0 Å². The fourth-order valence-electron chi connectivity index (χ4n) is 8.34. The van der Waals surface area contributed by atoms with Crippen LogP contribution in [-0.2, 0) is 0 Å². The van der Waals surface area contributed by atoms with Crippen molar-refractivity contribution in [2.45, 2.75) is 26.3 Å². The Hall–Kier alpha value is -6.87. The summed E-state index contributed by atoms with van der Waals surface area (Å²) in [4.78, 5) is 0. The molecule has 0 saturated carbocycles. The highest BCUT2D eigenvalue weighted by Crippen LogP contribution is 2.45. The molecule has 0 bridgehead atoms. The molecular formula is C47H35N5. The maximum Gasteiger partial charge on any atom is 0.0991 e. The third-order valence-corrected chi connectivity index (χ3v) is 10.7. The van der Waals surface area contributed by atoms with E-state index < -0.39 is 0 Å². The van der Waals surface area contributed by atoms with Gasteiger partial charge in [-0.3, -0.25) is 0 Å². The van der Waals surface area contributed by atoms with Crippen LogP contribution in [0.25, 0.3) is 50.0 Å². The average molecular weight is 670 g/mol. The molecule has 0 spiro atoms. The van der Waals surface area contributed by atoms with E-state index in [9.17, 15) is 15.8 Å². The lowest BCUT2D eigenvalue weighted by Crippen LogP contribution is -2.21. The largest absolute Gasteiger partial charge is 0.337 e. The highest BCUT2D eigenvalue weighted by atomic mass is 15.0. The number of allylic oxidation sites excluding steroid dienone is 10. The Bertz CT molecular complexity index is 2700. The van der Waals surface area contributed by atoms with Crippen molar-refractivity contribution < 1.29 is 0 Å². The van der Waals surface area contributed by atoms with E-state index >= 15 is 0 Å². The number of aromatic nitrogens is 2. The van der Waals surface area contributed by atoms with Gasteiger partial charge in [-0.05, 0) is 66.5 Å². The van der Waals surface area contributed by atoms with Crippen LogP contribution >= 0.6 is 0 Å².